The summed E-state index contributed by atoms with van der Waals surface area (Å²) in [7, 11) is 0. The summed E-state index contributed by atoms with van der Waals surface area (Å²) in [6.45, 7) is 3.33. The molecule has 0 aliphatic heterocycles. The fraction of sp³-hybridized carbons (Fsp3) is 0.250. The number of carbonyl (C=O) groups is 2. The molecule has 0 saturated heterocycles. The third-order valence-corrected chi connectivity index (χ3v) is 3.58. The van der Waals surface area contributed by atoms with Gasteiger partial charge in [0.25, 0.3) is 5.91 Å². The van der Waals surface area contributed by atoms with E-state index >= 15 is 0 Å². The zero-order valence-electron chi connectivity index (χ0n) is 12.3. The highest BCUT2D eigenvalue weighted by molar-refractivity contribution is 5.94. The summed E-state index contributed by atoms with van der Waals surface area (Å²) in [6, 6.07) is 9.38. The predicted octanol–water partition coefficient (Wildman–Crippen LogP) is 2.43. The summed E-state index contributed by atoms with van der Waals surface area (Å²) in [4.78, 5) is 30.7. The van der Waals surface area contributed by atoms with Gasteiger partial charge in [-0.1, -0.05) is 30.3 Å². The molecule has 7 nitrogen and oxygen atoms in total. The molecule has 7 heteroatoms. The first kappa shape index (κ1) is 15.0. The molecule has 0 bridgehead atoms. The van der Waals surface area contributed by atoms with Gasteiger partial charge >= 0.3 is 6.09 Å². The molecule has 1 fully saturated rings. The highest BCUT2D eigenvalue weighted by Crippen LogP contribution is 2.45. The van der Waals surface area contributed by atoms with Crippen LogP contribution in [0.1, 0.15) is 34.8 Å². The molecule has 0 unspecified atom stereocenters. The van der Waals surface area contributed by atoms with E-state index in [1.54, 1.807) is 0 Å². The summed E-state index contributed by atoms with van der Waals surface area (Å²) in [5.74, 6) is -0.288. The number of carbonyl (C=O) groups excluding carboxylic acids is 2. The van der Waals surface area contributed by atoms with Crippen molar-refractivity contribution in [2.45, 2.75) is 25.0 Å². The lowest BCUT2D eigenvalue weighted by Gasteiger charge is -2.13. The molecular weight excluding hydrogens is 298 g/mol. The monoisotopic (exact) mass is 313 g/mol. The van der Waals surface area contributed by atoms with Crippen LogP contribution in [0.3, 0.4) is 0 Å². The summed E-state index contributed by atoms with van der Waals surface area (Å²) < 4.78 is 10.5. The van der Waals surface area contributed by atoms with E-state index in [2.05, 4.69) is 22.0 Å². The number of aromatic nitrogens is 1. The second-order valence-electron chi connectivity index (χ2n) is 5.27. The van der Waals surface area contributed by atoms with E-state index in [4.69, 9.17) is 9.15 Å². The topological polar surface area (TPSA) is 93.8 Å². The maximum Gasteiger partial charge on any atom is 0.408 e. The molecule has 1 heterocycles. The third kappa shape index (κ3) is 3.28. The third-order valence-electron chi connectivity index (χ3n) is 3.58. The molecule has 3 rings (SSSR count). The van der Waals surface area contributed by atoms with Crippen molar-refractivity contribution in [1.29, 1.82) is 0 Å². The second-order valence-corrected chi connectivity index (χ2v) is 5.27. The molecule has 1 aromatic heterocycles. The lowest BCUT2D eigenvalue weighted by molar-refractivity contribution is 0.0999. The number of amides is 2. The average molecular weight is 313 g/mol. The van der Waals surface area contributed by atoms with Crippen LogP contribution < -0.4 is 5.32 Å². The van der Waals surface area contributed by atoms with E-state index < -0.39 is 17.5 Å². The predicted molar refractivity (Wildman–Crippen MR) is 81.1 cm³/mol. The molecule has 2 aromatic rings. The Labute approximate surface area is 132 Å². The van der Waals surface area contributed by atoms with Crippen LogP contribution in [-0.4, -0.2) is 23.7 Å². The van der Waals surface area contributed by atoms with E-state index in [1.165, 1.54) is 6.26 Å². The first-order valence-electron chi connectivity index (χ1n) is 7.09. The van der Waals surface area contributed by atoms with Gasteiger partial charge < -0.3 is 14.5 Å². The number of hydrogen-bond acceptors (Lipinski definition) is 5. The molecule has 1 saturated carbocycles. The van der Waals surface area contributed by atoms with Crippen LogP contribution in [0.4, 0.5) is 4.79 Å². The van der Waals surface area contributed by atoms with Gasteiger partial charge in [-0.2, -0.15) is 0 Å². The molecule has 23 heavy (non-hydrogen) atoms. The second kappa shape index (κ2) is 6.04. The molecule has 1 aliphatic rings. The minimum absolute atomic E-state index is 0.0701. The Morgan fingerprint density at radius 2 is 2.09 bits per heavy atom. The molecule has 1 aromatic carbocycles. The number of alkyl carbamates (subject to hydrolysis) is 1. The molecule has 1 aliphatic carbocycles. The van der Waals surface area contributed by atoms with Crippen LogP contribution in [0.15, 0.2) is 46.0 Å². The van der Waals surface area contributed by atoms with Crippen molar-refractivity contribution >= 4 is 18.7 Å². The van der Waals surface area contributed by atoms with Gasteiger partial charge in [-0.05, 0) is 25.1 Å². The minimum Gasteiger partial charge on any atom is -0.446 e. The van der Waals surface area contributed by atoms with Crippen molar-refractivity contribution in [3.05, 3.63) is 53.7 Å². The van der Waals surface area contributed by atoms with Crippen LogP contribution in [0, 0.1) is 0 Å². The Bertz CT molecular complexity index is 735. The smallest absolute Gasteiger partial charge is 0.408 e. The Hall–Kier alpha value is -2.96. The number of ether oxygens (including phenoxy) is 1. The van der Waals surface area contributed by atoms with Gasteiger partial charge in [0.05, 0.1) is 0 Å². The normalized spacial score (nSPS) is 14.8. The van der Waals surface area contributed by atoms with Crippen molar-refractivity contribution in [1.82, 2.24) is 10.3 Å². The molecule has 0 atom stereocenters. The van der Waals surface area contributed by atoms with Gasteiger partial charge in [-0.25, -0.2) is 14.8 Å². The van der Waals surface area contributed by atoms with E-state index in [0.29, 0.717) is 12.8 Å². The fourth-order valence-corrected chi connectivity index (χ4v) is 2.14. The van der Waals surface area contributed by atoms with Crippen molar-refractivity contribution in [3.63, 3.8) is 0 Å². The fourth-order valence-electron chi connectivity index (χ4n) is 2.14. The molecular formula is C16H15N3O4. The molecule has 2 amide bonds. The van der Waals surface area contributed by atoms with Crippen LogP contribution in [0.5, 0.6) is 0 Å². The number of rotatable bonds is 5. The van der Waals surface area contributed by atoms with Crippen molar-refractivity contribution < 1.29 is 18.7 Å². The van der Waals surface area contributed by atoms with Gasteiger partial charge in [-0.15, -0.1) is 0 Å². The first-order valence-corrected chi connectivity index (χ1v) is 7.09. The highest BCUT2D eigenvalue weighted by Gasteiger charge is 2.50. The highest BCUT2D eigenvalue weighted by atomic mass is 16.5. The molecule has 118 valence electrons. The number of aliphatic imine (C=N–C) groups is 1. The first-order chi connectivity index (χ1) is 11.1. The number of benzene rings is 1. The van der Waals surface area contributed by atoms with Crippen molar-refractivity contribution in [2.24, 2.45) is 4.99 Å². The van der Waals surface area contributed by atoms with Crippen molar-refractivity contribution in [2.75, 3.05) is 0 Å². The largest absolute Gasteiger partial charge is 0.446 e. The lowest BCUT2D eigenvalue weighted by Crippen LogP contribution is -2.35. The summed E-state index contributed by atoms with van der Waals surface area (Å²) in [5, 5.41) is 2.75. The Balaban J connectivity index is 1.60. The van der Waals surface area contributed by atoms with Gasteiger partial charge in [0.15, 0.2) is 5.69 Å². The summed E-state index contributed by atoms with van der Waals surface area (Å²) in [5.41, 5.74) is 0.266. The van der Waals surface area contributed by atoms with Gasteiger partial charge in [0.1, 0.15) is 18.4 Å². The zero-order valence-corrected chi connectivity index (χ0v) is 12.3. The number of oxazole rings is 1. The number of nitrogens with one attached hydrogen (secondary N) is 1. The summed E-state index contributed by atoms with van der Waals surface area (Å²) in [6.07, 6.45) is 1.99. The van der Waals surface area contributed by atoms with Gasteiger partial charge in [-0.3, -0.25) is 4.79 Å². The van der Waals surface area contributed by atoms with Crippen LogP contribution in [0.25, 0.3) is 0 Å². The minimum atomic E-state index is -0.701. The average Bonchev–Trinajstić information content (AvgIpc) is 3.18. The maximum absolute atomic E-state index is 11.9. The Morgan fingerprint density at radius 1 is 1.35 bits per heavy atom. The number of nitrogens with zero attached hydrogens (tertiary/aromatic N) is 2. The SMILES string of the molecule is C=NC(=O)c1coc(C2(NC(=O)OCc3ccccc3)CC2)n1. The van der Waals surface area contributed by atoms with E-state index in [-0.39, 0.29) is 18.2 Å². The standard InChI is InChI=1S/C16H15N3O4/c1-17-13(20)12-10-22-14(18-12)16(7-8-16)19-15(21)23-9-11-5-3-2-4-6-11/h2-6,10H,1,7-9H2,(H,19,21). The van der Waals surface area contributed by atoms with E-state index in [1.807, 2.05) is 30.3 Å². The van der Waals surface area contributed by atoms with Gasteiger partial charge in [0.2, 0.25) is 5.89 Å². The van der Waals surface area contributed by atoms with Crippen LogP contribution >= 0.6 is 0 Å². The van der Waals surface area contributed by atoms with Crippen LogP contribution in [0.2, 0.25) is 0 Å². The van der Waals surface area contributed by atoms with E-state index in [0.717, 1.165) is 5.56 Å². The maximum atomic E-state index is 11.9. The van der Waals surface area contributed by atoms with Crippen molar-refractivity contribution in [3.8, 4) is 0 Å². The number of hydrogen-bond donors (Lipinski definition) is 1. The molecule has 0 radical (unpaired) electrons. The zero-order chi connectivity index (χ0) is 16.3. The molecule has 0 spiro atoms. The molecule has 1 N–H and O–H groups in total. The Morgan fingerprint density at radius 3 is 2.74 bits per heavy atom. The summed E-state index contributed by atoms with van der Waals surface area (Å²) >= 11 is 0. The lowest BCUT2D eigenvalue weighted by atomic mass is 10.2. The van der Waals surface area contributed by atoms with Crippen LogP contribution in [-0.2, 0) is 16.9 Å². The quantitative estimate of drug-likeness (QED) is 0.856. The van der Waals surface area contributed by atoms with Gasteiger partial charge in [0, 0.05) is 0 Å². The Kier molecular flexibility index (Phi) is 3.92. The van der Waals surface area contributed by atoms with E-state index in [9.17, 15) is 9.59 Å².